The van der Waals surface area contributed by atoms with Crippen LogP contribution in [0.4, 0.5) is 0 Å². The molecule has 0 bridgehead atoms. The molecule has 1 heterocycles. The third kappa shape index (κ3) is 4.97. The standard InChI is InChI=1S/C8H6Cl3N3O/c9-8(10,11)5-13-14-7(15)6-3-1-2-4-12-6/h1-5H,(H,14,15). The molecule has 4 nitrogen and oxygen atoms in total. The van der Waals surface area contributed by atoms with Crippen LogP contribution in [-0.4, -0.2) is 20.9 Å². The summed E-state index contributed by atoms with van der Waals surface area (Å²) in [5.74, 6) is -0.471. The van der Waals surface area contributed by atoms with Crippen molar-refractivity contribution < 1.29 is 4.79 Å². The summed E-state index contributed by atoms with van der Waals surface area (Å²) < 4.78 is -1.63. The zero-order chi connectivity index (χ0) is 11.3. The van der Waals surface area contributed by atoms with Gasteiger partial charge in [-0.15, -0.1) is 0 Å². The lowest BCUT2D eigenvalue weighted by atomic mass is 10.3. The largest absolute Gasteiger partial charge is 0.289 e. The van der Waals surface area contributed by atoms with Crippen molar-refractivity contribution in [3.8, 4) is 0 Å². The molecule has 0 aromatic carbocycles. The summed E-state index contributed by atoms with van der Waals surface area (Å²) in [4.78, 5) is 15.1. The fraction of sp³-hybridized carbons (Fsp3) is 0.125. The molecule has 0 atom stereocenters. The van der Waals surface area contributed by atoms with Gasteiger partial charge >= 0.3 is 0 Å². The highest BCUT2D eigenvalue weighted by Crippen LogP contribution is 2.22. The van der Waals surface area contributed by atoms with Crippen LogP contribution in [-0.2, 0) is 0 Å². The molecule has 7 heteroatoms. The molecular weight excluding hydrogens is 260 g/mol. The first-order valence-electron chi connectivity index (χ1n) is 3.81. The Morgan fingerprint density at radius 2 is 2.20 bits per heavy atom. The molecule has 0 fully saturated rings. The SMILES string of the molecule is O=C(NN=CC(Cl)(Cl)Cl)c1ccccn1. The first-order valence-corrected chi connectivity index (χ1v) is 4.95. The van der Waals surface area contributed by atoms with E-state index in [1.54, 1.807) is 18.2 Å². The summed E-state index contributed by atoms with van der Waals surface area (Å²) in [6.45, 7) is 0. The van der Waals surface area contributed by atoms with Gasteiger partial charge in [-0.3, -0.25) is 9.78 Å². The van der Waals surface area contributed by atoms with Gasteiger partial charge in [0.15, 0.2) is 0 Å². The van der Waals surface area contributed by atoms with Crippen LogP contribution in [0.3, 0.4) is 0 Å². The number of hydrogen-bond donors (Lipinski definition) is 1. The Bertz CT molecular complexity index is 361. The smallest absolute Gasteiger partial charge is 0.266 e. The number of carbonyl (C=O) groups is 1. The molecule has 0 radical (unpaired) electrons. The van der Waals surface area contributed by atoms with Crippen LogP contribution in [0.15, 0.2) is 29.5 Å². The Balaban J connectivity index is 2.55. The predicted molar refractivity (Wildman–Crippen MR) is 60.5 cm³/mol. The van der Waals surface area contributed by atoms with Gasteiger partial charge in [-0.05, 0) is 12.1 Å². The van der Waals surface area contributed by atoms with E-state index in [9.17, 15) is 4.79 Å². The number of hydrazone groups is 1. The van der Waals surface area contributed by atoms with E-state index >= 15 is 0 Å². The minimum Gasteiger partial charge on any atom is -0.266 e. The summed E-state index contributed by atoms with van der Waals surface area (Å²) in [7, 11) is 0. The van der Waals surface area contributed by atoms with E-state index in [2.05, 4.69) is 15.5 Å². The molecular formula is C8H6Cl3N3O. The molecule has 1 aromatic heterocycles. The van der Waals surface area contributed by atoms with Crippen molar-refractivity contribution in [1.29, 1.82) is 0 Å². The maximum atomic E-state index is 11.3. The summed E-state index contributed by atoms with van der Waals surface area (Å²) in [5, 5.41) is 3.46. The second-order valence-electron chi connectivity index (χ2n) is 2.46. The van der Waals surface area contributed by atoms with Gasteiger partial charge in [0.05, 0.1) is 6.21 Å². The number of rotatable bonds is 2. The zero-order valence-corrected chi connectivity index (χ0v) is 9.59. The van der Waals surface area contributed by atoms with Crippen molar-refractivity contribution in [3.63, 3.8) is 0 Å². The van der Waals surface area contributed by atoms with E-state index < -0.39 is 9.70 Å². The highest BCUT2D eigenvalue weighted by atomic mass is 35.6. The lowest BCUT2D eigenvalue weighted by Crippen LogP contribution is -2.20. The highest BCUT2D eigenvalue weighted by Gasteiger charge is 2.15. The van der Waals surface area contributed by atoms with E-state index in [1.807, 2.05) is 0 Å². The van der Waals surface area contributed by atoms with Crippen LogP contribution < -0.4 is 5.43 Å². The van der Waals surface area contributed by atoms with Crippen LogP contribution in [0, 0.1) is 0 Å². The maximum Gasteiger partial charge on any atom is 0.289 e. The lowest BCUT2D eigenvalue weighted by molar-refractivity contribution is 0.0950. The molecule has 80 valence electrons. The van der Waals surface area contributed by atoms with Gasteiger partial charge in [0.2, 0.25) is 3.79 Å². The number of nitrogens with one attached hydrogen (secondary N) is 1. The topological polar surface area (TPSA) is 54.4 Å². The molecule has 1 amide bonds. The number of alkyl halides is 3. The number of pyridine rings is 1. The second kappa shape index (κ2) is 5.30. The van der Waals surface area contributed by atoms with Crippen molar-refractivity contribution >= 4 is 46.9 Å². The van der Waals surface area contributed by atoms with E-state index in [-0.39, 0.29) is 5.69 Å². The van der Waals surface area contributed by atoms with Crippen molar-refractivity contribution in [1.82, 2.24) is 10.4 Å². The monoisotopic (exact) mass is 265 g/mol. The molecule has 0 aliphatic rings. The third-order valence-corrected chi connectivity index (χ3v) is 1.57. The average Bonchev–Trinajstić information content (AvgIpc) is 2.17. The molecule has 0 saturated carbocycles. The molecule has 0 unspecified atom stereocenters. The minimum atomic E-state index is -1.63. The number of halogens is 3. The van der Waals surface area contributed by atoms with Crippen LogP contribution in [0.1, 0.15) is 10.5 Å². The van der Waals surface area contributed by atoms with Crippen LogP contribution in [0.2, 0.25) is 0 Å². The van der Waals surface area contributed by atoms with Crippen LogP contribution in [0.25, 0.3) is 0 Å². The maximum absolute atomic E-state index is 11.3. The van der Waals surface area contributed by atoms with Gasteiger partial charge in [-0.25, -0.2) is 5.43 Å². The zero-order valence-electron chi connectivity index (χ0n) is 7.32. The predicted octanol–water partition coefficient (Wildman–Crippen LogP) is 2.17. The van der Waals surface area contributed by atoms with Gasteiger partial charge in [-0.1, -0.05) is 40.9 Å². The molecule has 0 saturated heterocycles. The summed E-state index contributed by atoms with van der Waals surface area (Å²) in [6, 6.07) is 4.92. The minimum absolute atomic E-state index is 0.235. The number of hydrogen-bond acceptors (Lipinski definition) is 3. The summed E-state index contributed by atoms with van der Waals surface area (Å²) >= 11 is 16.1. The Morgan fingerprint density at radius 3 is 2.73 bits per heavy atom. The van der Waals surface area contributed by atoms with E-state index in [1.165, 1.54) is 6.20 Å². The van der Waals surface area contributed by atoms with Crippen molar-refractivity contribution in [2.75, 3.05) is 0 Å². The molecule has 1 N–H and O–H groups in total. The first-order chi connectivity index (χ1) is 6.99. The van der Waals surface area contributed by atoms with Gasteiger partial charge in [0, 0.05) is 6.20 Å². The fourth-order valence-corrected chi connectivity index (χ4v) is 0.865. The molecule has 1 aromatic rings. The Hall–Kier alpha value is -0.840. The highest BCUT2D eigenvalue weighted by molar-refractivity contribution is 6.74. The quantitative estimate of drug-likeness (QED) is 0.507. The van der Waals surface area contributed by atoms with Gasteiger partial charge < -0.3 is 0 Å². The number of carbonyl (C=O) groups excluding carboxylic acids is 1. The third-order valence-electron chi connectivity index (χ3n) is 1.27. The number of aromatic nitrogens is 1. The van der Waals surface area contributed by atoms with E-state index in [4.69, 9.17) is 34.8 Å². The molecule has 0 aliphatic carbocycles. The first kappa shape index (κ1) is 12.2. The Morgan fingerprint density at radius 1 is 1.47 bits per heavy atom. The Kier molecular flexibility index (Phi) is 4.32. The lowest BCUT2D eigenvalue weighted by Gasteiger charge is -2.02. The van der Waals surface area contributed by atoms with Gasteiger partial charge in [0.1, 0.15) is 5.69 Å². The van der Waals surface area contributed by atoms with Crippen LogP contribution >= 0.6 is 34.8 Å². The molecule has 1 rings (SSSR count). The molecule has 15 heavy (non-hydrogen) atoms. The van der Waals surface area contributed by atoms with Gasteiger partial charge in [0.25, 0.3) is 5.91 Å². The van der Waals surface area contributed by atoms with Crippen LogP contribution in [0.5, 0.6) is 0 Å². The Labute approximate surface area is 101 Å². The molecule has 0 aliphatic heterocycles. The normalized spacial score (nSPS) is 11.7. The summed E-state index contributed by atoms with van der Waals surface area (Å²) in [6.07, 6.45) is 2.48. The van der Waals surface area contributed by atoms with Gasteiger partial charge in [-0.2, -0.15) is 5.10 Å². The fourth-order valence-electron chi connectivity index (χ4n) is 0.718. The average molecular weight is 267 g/mol. The van der Waals surface area contributed by atoms with E-state index in [0.29, 0.717) is 0 Å². The number of amides is 1. The van der Waals surface area contributed by atoms with E-state index in [0.717, 1.165) is 6.21 Å². The molecule has 0 spiro atoms. The summed E-state index contributed by atoms with van der Waals surface area (Å²) in [5.41, 5.74) is 2.41. The number of nitrogens with zero attached hydrogens (tertiary/aromatic N) is 2. The van der Waals surface area contributed by atoms with Crippen molar-refractivity contribution in [2.45, 2.75) is 3.79 Å². The van der Waals surface area contributed by atoms with Crippen molar-refractivity contribution in [2.24, 2.45) is 5.10 Å². The van der Waals surface area contributed by atoms with Crippen molar-refractivity contribution in [3.05, 3.63) is 30.1 Å². The second-order valence-corrected chi connectivity index (χ2v) is 4.82.